The van der Waals surface area contributed by atoms with Crippen LogP contribution in [0.3, 0.4) is 0 Å². The summed E-state index contributed by atoms with van der Waals surface area (Å²) < 4.78 is 10.1. The number of carbonyl (C=O) groups excluding carboxylic acids is 4. The molecule has 0 aliphatic rings. The van der Waals surface area contributed by atoms with Gasteiger partial charge < -0.3 is 20.1 Å². The summed E-state index contributed by atoms with van der Waals surface area (Å²) in [5.74, 6) is -1.67. The number of aryl methyl sites for hydroxylation is 1. The molecule has 2 aromatic rings. The quantitative estimate of drug-likeness (QED) is 0.497. The Morgan fingerprint density at radius 3 is 1.94 bits per heavy atom. The molecule has 0 saturated heterocycles. The van der Waals surface area contributed by atoms with E-state index in [2.05, 4.69) is 10.6 Å². The van der Waals surface area contributed by atoms with Crippen molar-refractivity contribution in [3.8, 4) is 0 Å². The molecule has 0 atom stereocenters. The fourth-order valence-corrected chi connectivity index (χ4v) is 2.69. The van der Waals surface area contributed by atoms with Crippen molar-refractivity contribution in [3.05, 3.63) is 59.7 Å². The van der Waals surface area contributed by atoms with Crippen LogP contribution >= 0.6 is 0 Å². The molecule has 0 fully saturated rings. The number of ether oxygens (including phenoxy) is 2. The first-order chi connectivity index (χ1) is 15.8. The Bertz CT molecular complexity index is 952. The normalized spacial score (nSPS) is 10.4. The van der Waals surface area contributed by atoms with E-state index in [1.54, 1.807) is 36.4 Å². The van der Waals surface area contributed by atoms with E-state index in [0.29, 0.717) is 23.5 Å². The van der Waals surface area contributed by atoms with Gasteiger partial charge in [0.05, 0.1) is 18.6 Å². The van der Waals surface area contributed by atoms with Crippen LogP contribution in [-0.4, -0.2) is 37.0 Å². The predicted molar refractivity (Wildman–Crippen MR) is 125 cm³/mol. The maximum absolute atomic E-state index is 12.1. The summed E-state index contributed by atoms with van der Waals surface area (Å²) in [6.07, 6.45) is 0.638. The molecule has 176 valence electrons. The lowest BCUT2D eigenvalue weighted by Crippen LogP contribution is -2.21. The topological polar surface area (TPSA) is 111 Å². The Balaban J connectivity index is 1.68. The van der Waals surface area contributed by atoms with Crippen LogP contribution in [0.25, 0.3) is 0 Å². The fourth-order valence-electron chi connectivity index (χ4n) is 2.69. The van der Waals surface area contributed by atoms with Crippen LogP contribution < -0.4 is 10.6 Å². The molecule has 33 heavy (non-hydrogen) atoms. The SMILES string of the molecule is CCc1ccc(NC(=O)COC(=O)CCC(=O)Nc2ccc(C(=O)OCC(C)C)cc2)cc1. The van der Waals surface area contributed by atoms with E-state index in [-0.39, 0.29) is 24.7 Å². The maximum Gasteiger partial charge on any atom is 0.338 e. The van der Waals surface area contributed by atoms with Gasteiger partial charge in [0.1, 0.15) is 0 Å². The lowest BCUT2D eigenvalue weighted by Gasteiger charge is -2.09. The Labute approximate surface area is 193 Å². The molecule has 8 nitrogen and oxygen atoms in total. The van der Waals surface area contributed by atoms with Crippen molar-refractivity contribution in [2.75, 3.05) is 23.8 Å². The summed E-state index contributed by atoms with van der Waals surface area (Å²) in [7, 11) is 0. The molecule has 2 amide bonds. The first kappa shape index (κ1) is 25.6. The highest BCUT2D eigenvalue weighted by atomic mass is 16.5. The number of anilines is 2. The Morgan fingerprint density at radius 2 is 1.36 bits per heavy atom. The maximum atomic E-state index is 12.1. The summed E-state index contributed by atoms with van der Waals surface area (Å²) in [6, 6.07) is 13.7. The molecular formula is C25H30N2O6. The van der Waals surface area contributed by atoms with Gasteiger partial charge in [-0.2, -0.15) is 0 Å². The zero-order valence-corrected chi connectivity index (χ0v) is 19.2. The molecule has 8 heteroatoms. The molecule has 0 spiro atoms. The molecule has 0 unspecified atom stereocenters. The van der Waals surface area contributed by atoms with Gasteiger partial charge in [0.15, 0.2) is 6.61 Å². The van der Waals surface area contributed by atoms with E-state index in [4.69, 9.17) is 9.47 Å². The van der Waals surface area contributed by atoms with Gasteiger partial charge in [-0.3, -0.25) is 14.4 Å². The average Bonchev–Trinajstić information content (AvgIpc) is 2.80. The van der Waals surface area contributed by atoms with Crippen molar-refractivity contribution in [1.82, 2.24) is 0 Å². The molecule has 2 aromatic carbocycles. The van der Waals surface area contributed by atoms with E-state index in [1.807, 2.05) is 32.9 Å². The molecule has 2 N–H and O–H groups in total. The molecule has 0 saturated carbocycles. The second-order valence-corrected chi connectivity index (χ2v) is 7.88. The van der Waals surface area contributed by atoms with Crippen LogP contribution in [-0.2, 0) is 30.3 Å². The minimum atomic E-state index is -0.648. The highest BCUT2D eigenvalue weighted by Gasteiger charge is 2.12. The Kier molecular flexibility index (Phi) is 10.1. The molecular weight excluding hydrogens is 424 g/mol. The molecule has 0 aliphatic heterocycles. The number of rotatable bonds is 11. The van der Waals surface area contributed by atoms with Gasteiger partial charge in [0.25, 0.3) is 5.91 Å². The molecule has 2 rings (SSSR count). The van der Waals surface area contributed by atoms with Crippen LogP contribution in [0.4, 0.5) is 11.4 Å². The van der Waals surface area contributed by atoms with Crippen molar-refractivity contribution in [1.29, 1.82) is 0 Å². The van der Waals surface area contributed by atoms with Gasteiger partial charge in [-0.25, -0.2) is 4.79 Å². The summed E-state index contributed by atoms with van der Waals surface area (Å²) >= 11 is 0. The van der Waals surface area contributed by atoms with Crippen molar-refractivity contribution in [2.24, 2.45) is 5.92 Å². The van der Waals surface area contributed by atoms with Gasteiger partial charge in [0, 0.05) is 17.8 Å². The molecule has 0 heterocycles. The van der Waals surface area contributed by atoms with E-state index in [1.165, 1.54) is 0 Å². The van der Waals surface area contributed by atoms with E-state index in [9.17, 15) is 19.2 Å². The summed E-state index contributed by atoms with van der Waals surface area (Å²) in [5.41, 5.74) is 2.64. The van der Waals surface area contributed by atoms with Crippen molar-refractivity contribution in [3.63, 3.8) is 0 Å². The van der Waals surface area contributed by atoms with Crippen molar-refractivity contribution >= 4 is 35.1 Å². The van der Waals surface area contributed by atoms with E-state index < -0.39 is 24.5 Å². The van der Waals surface area contributed by atoms with Gasteiger partial charge in [0.2, 0.25) is 5.91 Å². The summed E-state index contributed by atoms with van der Waals surface area (Å²) in [6.45, 7) is 5.84. The predicted octanol–water partition coefficient (Wildman–Crippen LogP) is 3.96. The van der Waals surface area contributed by atoms with Crippen LogP contribution in [0.5, 0.6) is 0 Å². The monoisotopic (exact) mass is 454 g/mol. The van der Waals surface area contributed by atoms with Crippen LogP contribution in [0.2, 0.25) is 0 Å². The second kappa shape index (κ2) is 13.0. The second-order valence-electron chi connectivity index (χ2n) is 7.88. The number of amides is 2. The van der Waals surface area contributed by atoms with Crippen LogP contribution in [0.15, 0.2) is 48.5 Å². The van der Waals surface area contributed by atoms with E-state index >= 15 is 0 Å². The van der Waals surface area contributed by atoms with Crippen LogP contribution in [0.1, 0.15) is 49.5 Å². The lowest BCUT2D eigenvalue weighted by molar-refractivity contribution is -0.147. The summed E-state index contributed by atoms with van der Waals surface area (Å²) in [5, 5.41) is 5.29. The standard InChI is InChI=1S/C25H30N2O6/c1-4-18-5-9-20(10-6-18)27-23(29)16-32-24(30)14-13-22(28)26-21-11-7-19(8-12-21)25(31)33-15-17(2)3/h5-12,17H,4,13-16H2,1-3H3,(H,26,28)(H,27,29). The van der Waals surface area contributed by atoms with Gasteiger partial charge in [-0.05, 0) is 54.3 Å². The fraction of sp³-hybridized carbons (Fsp3) is 0.360. The number of hydrogen-bond donors (Lipinski definition) is 2. The highest BCUT2D eigenvalue weighted by Crippen LogP contribution is 2.12. The zero-order valence-electron chi connectivity index (χ0n) is 19.2. The average molecular weight is 455 g/mol. The number of carbonyl (C=O) groups is 4. The smallest absolute Gasteiger partial charge is 0.338 e. The highest BCUT2D eigenvalue weighted by molar-refractivity contribution is 5.95. The number of nitrogens with one attached hydrogen (secondary N) is 2. The third kappa shape index (κ3) is 9.55. The largest absolute Gasteiger partial charge is 0.462 e. The van der Waals surface area contributed by atoms with Gasteiger partial charge in [-0.1, -0.05) is 32.9 Å². The first-order valence-corrected chi connectivity index (χ1v) is 10.9. The first-order valence-electron chi connectivity index (χ1n) is 10.9. The third-order valence-corrected chi connectivity index (χ3v) is 4.52. The molecule has 0 bridgehead atoms. The Morgan fingerprint density at radius 1 is 0.788 bits per heavy atom. The number of esters is 2. The number of hydrogen-bond acceptors (Lipinski definition) is 6. The number of benzene rings is 2. The third-order valence-electron chi connectivity index (χ3n) is 4.52. The van der Waals surface area contributed by atoms with Crippen molar-refractivity contribution < 1.29 is 28.7 Å². The van der Waals surface area contributed by atoms with Crippen molar-refractivity contribution in [2.45, 2.75) is 40.0 Å². The molecule has 0 aliphatic carbocycles. The minimum absolute atomic E-state index is 0.100. The van der Waals surface area contributed by atoms with Crippen LogP contribution in [0, 0.1) is 5.92 Å². The molecule has 0 aromatic heterocycles. The van der Waals surface area contributed by atoms with Gasteiger partial charge >= 0.3 is 11.9 Å². The summed E-state index contributed by atoms with van der Waals surface area (Å²) in [4.78, 5) is 47.7. The van der Waals surface area contributed by atoms with Gasteiger partial charge in [-0.15, -0.1) is 0 Å². The molecule has 0 radical (unpaired) electrons. The minimum Gasteiger partial charge on any atom is -0.462 e. The zero-order chi connectivity index (χ0) is 24.2. The lowest BCUT2D eigenvalue weighted by atomic mass is 10.1. The van der Waals surface area contributed by atoms with E-state index in [0.717, 1.165) is 12.0 Å². The Hall–Kier alpha value is -3.68.